The summed E-state index contributed by atoms with van der Waals surface area (Å²) in [7, 11) is 1.71. The second-order valence-corrected chi connectivity index (χ2v) is 7.18. The maximum Gasteiger partial charge on any atom is 0.331 e. The molecule has 3 aromatic rings. The van der Waals surface area contributed by atoms with E-state index in [-0.39, 0.29) is 0 Å². The van der Waals surface area contributed by atoms with Crippen molar-refractivity contribution in [2.75, 3.05) is 11.9 Å². The number of carbonyl (C=O) groups is 2. The summed E-state index contributed by atoms with van der Waals surface area (Å²) >= 11 is 6.12. The topological polar surface area (TPSA) is 91.0 Å². The molecule has 9 heteroatoms. The molecule has 0 unspecified atom stereocenters. The van der Waals surface area contributed by atoms with Crippen LogP contribution in [-0.2, 0) is 21.4 Å². The third-order valence-electron chi connectivity index (χ3n) is 4.31. The molecule has 0 aliphatic carbocycles. The molecular weight excluding hydrogens is 406 g/mol. The van der Waals surface area contributed by atoms with Gasteiger partial charge in [-0.1, -0.05) is 29.3 Å². The van der Waals surface area contributed by atoms with Gasteiger partial charge >= 0.3 is 5.97 Å². The fourth-order valence-electron chi connectivity index (χ4n) is 2.82. The van der Waals surface area contributed by atoms with Crippen LogP contribution in [0.25, 0.3) is 11.8 Å². The summed E-state index contributed by atoms with van der Waals surface area (Å²) in [5, 5.41) is 11.7. The van der Waals surface area contributed by atoms with Crippen molar-refractivity contribution in [2.24, 2.45) is 7.05 Å². The Labute approximate surface area is 179 Å². The summed E-state index contributed by atoms with van der Waals surface area (Å²) in [6.07, 6.45) is 2.73. The largest absolute Gasteiger partial charge is 0.452 e. The van der Waals surface area contributed by atoms with Crippen LogP contribution in [0.1, 0.15) is 22.5 Å². The van der Waals surface area contributed by atoms with E-state index in [9.17, 15) is 9.59 Å². The Bertz CT molecular complexity index is 1110. The van der Waals surface area contributed by atoms with E-state index in [1.165, 1.54) is 16.8 Å². The quantitative estimate of drug-likeness (QED) is 0.481. The van der Waals surface area contributed by atoms with E-state index < -0.39 is 18.5 Å². The van der Waals surface area contributed by atoms with Crippen molar-refractivity contribution in [3.63, 3.8) is 0 Å². The number of anilines is 1. The highest BCUT2D eigenvalue weighted by Crippen LogP contribution is 2.20. The van der Waals surface area contributed by atoms with Crippen LogP contribution in [-0.4, -0.2) is 38.0 Å². The normalized spacial score (nSPS) is 11.1. The Morgan fingerprint density at radius 2 is 1.87 bits per heavy atom. The van der Waals surface area contributed by atoms with Crippen molar-refractivity contribution in [1.29, 1.82) is 0 Å². The van der Waals surface area contributed by atoms with Gasteiger partial charge in [0.05, 0.1) is 17.1 Å². The highest BCUT2D eigenvalue weighted by molar-refractivity contribution is 6.31. The summed E-state index contributed by atoms with van der Waals surface area (Å²) in [5.74, 6) is -0.640. The molecule has 0 aliphatic rings. The third-order valence-corrected chi connectivity index (χ3v) is 4.75. The fraction of sp³-hybridized carbons (Fsp3) is 0.238. The van der Waals surface area contributed by atoms with Crippen LogP contribution in [0.2, 0.25) is 5.15 Å². The average Bonchev–Trinajstić information content (AvgIpc) is 3.17. The minimum absolute atomic E-state index is 0.411. The maximum absolute atomic E-state index is 12.3. The van der Waals surface area contributed by atoms with Gasteiger partial charge in [-0.05, 0) is 39.0 Å². The molecule has 156 valence electrons. The van der Waals surface area contributed by atoms with Crippen LogP contribution in [0.15, 0.2) is 36.4 Å². The Balaban J connectivity index is 1.60. The second-order valence-electron chi connectivity index (χ2n) is 6.82. The first kappa shape index (κ1) is 21.3. The smallest absolute Gasteiger partial charge is 0.331 e. The molecule has 1 amide bonds. The van der Waals surface area contributed by atoms with E-state index in [0.717, 1.165) is 16.9 Å². The molecule has 3 rings (SSSR count). The van der Waals surface area contributed by atoms with E-state index in [1.807, 2.05) is 38.1 Å². The van der Waals surface area contributed by atoms with Gasteiger partial charge in [0.25, 0.3) is 5.91 Å². The number of nitrogens with one attached hydrogen (secondary N) is 1. The Morgan fingerprint density at radius 1 is 1.17 bits per heavy atom. The van der Waals surface area contributed by atoms with Gasteiger partial charge in [-0.25, -0.2) is 9.48 Å². The number of amides is 1. The fourth-order valence-corrected chi connectivity index (χ4v) is 3.06. The van der Waals surface area contributed by atoms with E-state index in [1.54, 1.807) is 24.7 Å². The molecule has 0 bridgehead atoms. The lowest BCUT2D eigenvalue weighted by atomic mass is 10.2. The highest BCUT2D eigenvalue weighted by atomic mass is 35.5. The van der Waals surface area contributed by atoms with Gasteiger partial charge < -0.3 is 10.1 Å². The van der Waals surface area contributed by atoms with Crippen LogP contribution in [0.3, 0.4) is 0 Å². The molecule has 1 N–H and O–H groups in total. The molecule has 0 atom stereocenters. The van der Waals surface area contributed by atoms with Crippen molar-refractivity contribution >= 4 is 35.4 Å². The zero-order chi connectivity index (χ0) is 21.8. The lowest BCUT2D eigenvalue weighted by Crippen LogP contribution is -2.21. The number of benzene rings is 1. The molecule has 0 spiro atoms. The number of hydrogen-bond acceptors (Lipinski definition) is 5. The molecule has 30 heavy (non-hydrogen) atoms. The van der Waals surface area contributed by atoms with Crippen molar-refractivity contribution < 1.29 is 14.3 Å². The molecular formula is C21H22ClN5O3. The summed E-state index contributed by atoms with van der Waals surface area (Å²) in [5.41, 5.74) is 3.99. The number of nitrogens with zero attached hydrogens (tertiary/aromatic N) is 4. The zero-order valence-corrected chi connectivity index (χ0v) is 17.9. The monoisotopic (exact) mass is 427 g/mol. The molecule has 8 nitrogen and oxygen atoms in total. The number of rotatable bonds is 6. The molecule has 0 saturated carbocycles. The van der Waals surface area contributed by atoms with Crippen LogP contribution in [0.5, 0.6) is 0 Å². The summed E-state index contributed by atoms with van der Waals surface area (Å²) in [4.78, 5) is 24.2. The van der Waals surface area contributed by atoms with E-state index in [2.05, 4.69) is 15.5 Å². The van der Waals surface area contributed by atoms with E-state index in [0.29, 0.717) is 22.2 Å². The lowest BCUT2D eigenvalue weighted by Gasteiger charge is -2.09. The van der Waals surface area contributed by atoms with Crippen molar-refractivity contribution in [1.82, 2.24) is 19.6 Å². The summed E-state index contributed by atoms with van der Waals surface area (Å²) in [6, 6.07) is 9.48. The Kier molecular flexibility index (Phi) is 6.37. The number of esters is 1. The molecule has 0 fully saturated rings. The molecule has 1 aromatic carbocycles. The molecule has 2 aromatic heterocycles. The number of carbonyl (C=O) groups excluding carboxylic acids is 2. The number of ether oxygens (including phenoxy) is 1. The lowest BCUT2D eigenvalue weighted by molar-refractivity contribution is -0.142. The van der Waals surface area contributed by atoms with Gasteiger partial charge in [0.1, 0.15) is 11.0 Å². The van der Waals surface area contributed by atoms with Crippen LogP contribution in [0, 0.1) is 20.8 Å². The van der Waals surface area contributed by atoms with Crippen LogP contribution < -0.4 is 5.32 Å². The van der Waals surface area contributed by atoms with Gasteiger partial charge in [0, 0.05) is 24.8 Å². The maximum atomic E-state index is 12.3. The molecule has 0 saturated heterocycles. The van der Waals surface area contributed by atoms with Gasteiger partial charge in [-0.2, -0.15) is 10.2 Å². The highest BCUT2D eigenvalue weighted by Gasteiger charge is 2.13. The standard InChI is InChI=1S/C21H22ClN5O3/c1-13-5-7-16(8-6-13)27-18(11-14(2)24-27)23-19(28)12-30-20(29)10-9-17-15(3)25-26(4)21(17)22/h5-11H,12H2,1-4H3,(H,23,28)/b10-9+. The van der Waals surface area contributed by atoms with Crippen LogP contribution >= 0.6 is 11.6 Å². The van der Waals surface area contributed by atoms with Crippen LogP contribution in [0.4, 0.5) is 5.82 Å². The zero-order valence-electron chi connectivity index (χ0n) is 17.1. The minimum Gasteiger partial charge on any atom is -0.452 e. The Hall–Kier alpha value is -3.39. The van der Waals surface area contributed by atoms with E-state index >= 15 is 0 Å². The predicted octanol–water partition coefficient (Wildman–Crippen LogP) is 3.38. The number of halogens is 1. The summed E-state index contributed by atoms with van der Waals surface area (Å²) in [6.45, 7) is 5.18. The van der Waals surface area contributed by atoms with Crippen molar-refractivity contribution in [3.05, 3.63) is 64.1 Å². The second kappa shape index (κ2) is 8.96. The predicted molar refractivity (Wildman–Crippen MR) is 115 cm³/mol. The van der Waals surface area contributed by atoms with Crippen molar-refractivity contribution in [3.8, 4) is 5.69 Å². The number of hydrogen-bond donors (Lipinski definition) is 1. The third kappa shape index (κ3) is 4.96. The first-order chi connectivity index (χ1) is 14.2. The minimum atomic E-state index is -0.660. The molecule has 0 radical (unpaired) electrons. The van der Waals surface area contributed by atoms with Crippen molar-refractivity contribution in [2.45, 2.75) is 20.8 Å². The van der Waals surface area contributed by atoms with Gasteiger partial charge in [0.2, 0.25) is 0 Å². The first-order valence-electron chi connectivity index (χ1n) is 9.22. The number of aromatic nitrogens is 4. The first-order valence-corrected chi connectivity index (χ1v) is 9.60. The van der Waals surface area contributed by atoms with Gasteiger partial charge in [0.15, 0.2) is 6.61 Å². The Morgan fingerprint density at radius 3 is 2.50 bits per heavy atom. The SMILES string of the molecule is Cc1ccc(-n2nc(C)cc2NC(=O)COC(=O)/C=C/c2c(C)nn(C)c2Cl)cc1. The molecule has 2 heterocycles. The number of aryl methyl sites for hydroxylation is 4. The molecule has 0 aliphatic heterocycles. The van der Waals surface area contributed by atoms with Gasteiger partial charge in [-0.3, -0.25) is 9.48 Å². The average molecular weight is 428 g/mol. The summed E-state index contributed by atoms with van der Waals surface area (Å²) < 4.78 is 8.15. The van der Waals surface area contributed by atoms with Gasteiger partial charge in [-0.15, -0.1) is 0 Å². The van der Waals surface area contributed by atoms with E-state index in [4.69, 9.17) is 16.3 Å².